The molecule has 0 aromatic carbocycles. The maximum atomic E-state index is 10.3. The molecule has 1 atom stereocenters. The van der Waals surface area contributed by atoms with Crippen molar-refractivity contribution in [2.24, 2.45) is 5.92 Å². The summed E-state index contributed by atoms with van der Waals surface area (Å²) in [7, 11) is 0. The summed E-state index contributed by atoms with van der Waals surface area (Å²) in [6, 6.07) is 0. The van der Waals surface area contributed by atoms with Crippen LogP contribution in [0.1, 0.15) is 39.5 Å². The average Bonchev–Trinajstić information content (AvgIpc) is 2.17. The zero-order valence-electron chi connectivity index (χ0n) is 9.68. The molecule has 0 fully saturated rings. The SMILES string of the molecule is CCCCC(CC)C[O][Ti](=[O])[OH].[O]=[Ti]([OH])[OH]. The molecular weight excluding hydrogens is 288 g/mol. The molecule has 0 amide bonds. The maximum absolute atomic E-state index is 10.3. The van der Waals surface area contributed by atoms with Crippen LogP contribution in [0.3, 0.4) is 0 Å². The molecule has 0 saturated heterocycles. The number of rotatable bonds is 7. The molecular formula is C8H20O6Ti2. The van der Waals surface area contributed by atoms with Gasteiger partial charge in [-0.05, 0) is 0 Å². The van der Waals surface area contributed by atoms with Gasteiger partial charge in [0.05, 0.1) is 0 Å². The molecule has 0 rings (SSSR count). The zero-order valence-corrected chi connectivity index (χ0v) is 12.8. The summed E-state index contributed by atoms with van der Waals surface area (Å²) in [6.45, 7) is 4.70. The Morgan fingerprint density at radius 2 is 1.69 bits per heavy atom. The van der Waals surface area contributed by atoms with Gasteiger partial charge in [-0.25, -0.2) is 0 Å². The Kier molecular flexibility index (Phi) is 16.7. The quantitative estimate of drug-likeness (QED) is 0.600. The van der Waals surface area contributed by atoms with Crippen LogP contribution < -0.4 is 0 Å². The Morgan fingerprint density at radius 1 is 1.19 bits per heavy atom. The zero-order chi connectivity index (χ0) is 13.0. The summed E-state index contributed by atoms with van der Waals surface area (Å²) >= 11 is -6.84. The van der Waals surface area contributed by atoms with E-state index in [1.165, 1.54) is 12.8 Å². The number of unbranched alkanes of at least 4 members (excludes halogenated alkanes) is 1. The molecule has 3 N–H and O–H groups in total. The molecule has 0 aliphatic heterocycles. The van der Waals surface area contributed by atoms with Crippen LogP contribution in [0, 0.1) is 5.92 Å². The van der Waals surface area contributed by atoms with Gasteiger partial charge in [-0.1, -0.05) is 0 Å². The van der Waals surface area contributed by atoms with Crippen molar-refractivity contribution in [3.8, 4) is 0 Å². The van der Waals surface area contributed by atoms with Crippen molar-refractivity contribution in [3.63, 3.8) is 0 Å². The molecule has 1 unspecified atom stereocenters. The van der Waals surface area contributed by atoms with E-state index in [0.717, 1.165) is 12.8 Å². The van der Waals surface area contributed by atoms with E-state index >= 15 is 0 Å². The minimum atomic E-state index is -3.58. The van der Waals surface area contributed by atoms with Crippen LogP contribution in [0.15, 0.2) is 0 Å². The van der Waals surface area contributed by atoms with Gasteiger partial charge in [0.2, 0.25) is 0 Å². The summed E-state index contributed by atoms with van der Waals surface area (Å²) in [5.74, 6) is 0.466. The van der Waals surface area contributed by atoms with Gasteiger partial charge in [0.25, 0.3) is 0 Å². The van der Waals surface area contributed by atoms with Gasteiger partial charge in [-0.2, -0.15) is 0 Å². The number of hydrogen-bond acceptors (Lipinski definition) is 3. The van der Waals surface area contributed by atoms with Crippen LogP contribution in [0.4, 0.5) is 0 Å². The summed E-state index contributed by atoms with van der Waals surface area (Å²) in [5, 5.41) is 0. The third kappa shape index (κ3) is 20.3. The monoisotopic (exact) mass is 308 g/mol. The molecule has 0 aromatic rings. The summed E-state index contributed by atoms with van der Waals surface area (Å²) in [5.41, 5.74) is 0. The van der Waals surface area contributed by atoms with Crippen molar-refractivity contribution in [2.45, 2.75) is 39.5 Å². The van der Waals surface area contributed by atoms with Crippen LogP contribution in [0.5, 0.6) is 0 Å². The van der Waals surface area contributed by atoms with Crippen molar-refractivity contribution in [1.82, 2.24) is 0 Å². The third-order valence-corrected chi connectivity index (χ3v) is 2.63. The Bertz CT molecular complexity index is 195. The molecule has 96 valence electrons. The molecule has 6 nitrogen and oxygen atoms in total. The van der Waals surface area contributed by atoms with Gasteiger partial charge in [-0.15, -0.1) is 0 Å². The first-order valence-electron chi connectivity index (χ1n) is 5.21. The fourth-order valence-corrected chi connectivity index (χ4v) is 1.68. The molecule has 16 heavy (non-hydrogen) atoms. The standard InChI is InChI=1S/C8H17O.3H2O.2O.2Ti/c1-3-5-6-8(4-2)7-9;;;;;;;/h8H,3-7H2,1-2H3;3*1H2;;;;/q-1;;;;;;2*+2/p-3. The Labute approximate surface area is 110 Å². The summed E-state index contributed by atoms with van der Waals surface area (Å²) < 4.78 is 46.8. The molecule has 0 aliphatic rings. The fourth-order valence-electron chi connectivity index (χ4n) is 1.09. The van der Waals surface area contributed by atoms with E-state index < -0.39 is 37.2 Å². The molecule has 0 aliphatic carbocycles. The van der Waals surface area contributed by atoms with E-state index in [2.05, 4.69) is 13.8 Å². The predicted octanol–water partition coefficient (Wildman–Crippen LogP) is 0.770. The molecule has 0 aromatic heterocycles. The van der Waals surface area contributed by atoms with Crippen molar-refractivity contribution >= 4 is 0 Å². The second-order valence-electron chi connectivity index (χ2n) is 3.28. The van der Waals surface area contributed by atoms with Gasteiger partial charge in [-0.3, -0.25) is 0 Å². The molecule has 0 heterocycles. The van der Waals surface area contributed by atoms with Gasteiger partial charge in [0, 0.05) is 0 Å². The third-order valence-electron chi connectivity index (χ3n) is 1.99. The predicted molar refractivity (Wildman–Crippen MR) is 47.3 cm³/mol. The topological polar surface area (TPSA) is 104 Å². The van der Waals surface area contributed by atoms with Gasteiger partial charge in [0.1, 0.15) is 0 Å². The first kappa shape index (κ1) is 19.2. The van der Waals surface area contributed by atoms with Crippen LogP contribution in [0.2, 0.25) is 0 Å². The van der Waals surface area contributed by atoms with E-state index in [-0.39, 0.29) is 0 Å². The van der Waals surface area contributed by atoms with Gasteiger partial charge >= 0.3 is 110 Å². The van der Waals surface area contributed by atoms with Gasteiger partial charge < -0.3 is 0 Å². The van der Waals surface area contributed by atoms with Crippen molar-refractivity contribution in [3.05, 3.63) is 0 Å². The average molecular weight is 308 g/mol. The minimum absolute atomic E-state index is 0.464. The molecule has 0 bridgehead atoms. The Balaban J connectivity index is 0. The Morgan fingerprint density at radius 3 is 2.00 bits per heavy atom. The van der Waals surface area contributed by atoms with E-state index in [1.807, 2.05) is 0 Å². The molecule has 0 saturated carbocycles. The van der Waals surface area contributed by atoms with Crippen LogP contribution in [0.25, 0.3) is 0 Å². The fraction of sp³-hybridized carbons (Fsp3) is 1.00. The Hall–Kier alpha value is 0.869. The van der Waals surface area contributed by atoms with Crippen LogP contribution in [-0.4, -0.2) is 17.7 Å². The van der Waals surface area contributed by atoms with Crippen molar-refractivity contribution < 1.29 is 58.3 Å². The summed E-state index contributed by atoms with van der Waals surface area (Å²) in [4.78, 5) is 0. The second kappa shape index (κ2) is 13.9. The first-order chi connectivity index (χ1) is 7.43. The van der Waals surface area contributed by atoms with Crippen LogP contribution in [-0.2, 0) is 47.2 Å². The number of hydrogen-bond donors (Lipinski definition) is 3. The van der Waals surface area contributed by atoms with E-state index in [0.29, 0.717) is 12.5 Å². The van der Waals surface area contributed by atoms with Crippen LogP contribution >= 0.6 is 0 Å². The second-order valence-corrected chi connectivity index (χ2v) is 5.44. The first-order valence-corrected chi connectivity index (χ1v) is 9.22. The van der Waals surface area contributed by atoms with Crippen molar-refractivity contribution in [1.29, 1.82) is 0 Å². The molecule has 0 radical (unpaired) electrons. The molecule has 0 spiro atoms. The van der Waals surface area contributed by atoms with Crippen molar-refractivity contribution in [2.75, 3.05) is 6.61 Å². The van der Waals surface area contributed by atoms with Gasteiger partial charge in [0.15, 0.2) is 0 Å². The normalized spacial score (nSPS) is 11.3. The van der Waals surface area contributed by atoms with E-state index in [9.17, 15) is 3.32 Å². The summed E-state index contributed by atoms with van der Waals surface area (Å²) in [6.07, 6.45) is 4.50. The van der Waals surface area contributed by atoms with E-state index in [4.69, 9.17) is 17.7 Å². The van der Waals surface area contributed by atoms with E-state index in [1.54, 1.807) is 0 Å². The molecule has 8 heteroatoms.